The number of anilines is 1. The quantitative estimate of drug-likeness (QED) is 0.146. The van der Waals surface area contributed by atoms with E-state index >= 15 is 4.79 Å². The van der Waals surface area contributed by atoms with Gasteiger partial charge in [-0.1, -0.05) is 66.6 Å². The highest BCUT2D eigenvalue weighted by molar-refractivity contribution is 7.22. The summed E-state index contributed by atoms with van der Waals surface area (Å²) in [5, 5.41) is 19.9. The zero-order valence-corrected chi connectivity index (χ0v) is 30.8. The Hall–Kier alpha value is -4.80. The summed E-state index contributed by atoms with van der Waals surface area (Å²) in [4.78, 5) is 61.2. The van der Waals surface area contributed by atoms with E-state index in [2.05, 4.69) is 0 Å². The van der Waals surface area contributed by atoms with Crippen LogP contribution >= 0.6 is 22.9 Å². The number of carbonyl (C=O) groups is 4. The maximum atomic E-state index is 15.1. The van der Waals surface area contributed by atoms with Crippen molar-refractivity contribution in [2.75, 3.05) is 11.4 Å². The second-order valence-electron chi connectivity index (χ2n) is 14.9. The number of thiophene rings is 1. The average Bonchev–Trinajstić information content (AvgIpc) is 3.80. The van der Waals surface area contributed by atoms with Gasteiger partial charge in [-0.2, -0.15) is 5.10 Å². The highest BCUT2D eigenvalue weighted by Gasteiger charge is 2.68. The number of carbonyl (C=O) groups excluding carboxylic acids is 4. The number of allylic oxidation sites excluding steroid dienone is 2. The molecule has 2 aliphatic carbocycles. The molecule has 0 bridgehead atoms. The van der Waals surface area contributed by atoms with E-state index in [1.54, 1.807) is 29.1 Å². The number of aromatic hydroxyl groups is 1. The van der Waals surface area contributed by atoms with E-state index in [1.807, 2.05) is 81.4 Å². The summed E-state index contributed by atoms with van der Waals surface area (Å²) in [7, 11) is 1.73. The second kappa shape index (κ2) is 11.6. The molecule has 0 unspecified atom stereocenters. The van der Waals surface area contributed by atoms with E-state index in [0.717, 1.165) is 31.5 Å². The summed E-state index contributed by atoms with van der Waals surface area (Å²) in [5.74, 6) is -3.82. The first kappa shape index (κ1) is 33.1. The van der Waals surface area contributed by atoms with Gasteiger partial charge in [-0.15, -0.1) is 11.3 Å². The van der Waals surface area contributed by atoms with Crippen LogP contribution in [0.1, 0.15) is 50.2 Å². The lowest BCUT2D eigenvalue weighted by Crippen LogP contribution is -2.49. The van der Waals surface area contributed by atoms with Gasteiger partial charge in [0.15, 0.2) is 0 Å². The standard InChI is InChI=1S/C41H37ClN4O5S/c1-5-16-45-37(48)25-14-13-24-28(33(25)39(45)50)18-29-38(49)46(32-19-30(43-44(32)4)36-20(2)27-17-22(42)11-15-31(27)52-36)40(51)41(29,3)34(24)26-12-10-21-8-6-7-9-23(21)35(26)47/h6-13,15,17,19,25,28-29,33-34,47H,5,14,16,18H2,1-4H3/t25-,28+,29-,33-,34+,41+/m0/s1. The molecule has 4 amide bonds. The molecule has 9 nitrogen and oxygen atoms in total. The molecule has 0 spiro atoms. The third-order valence-electron chi connectivity index (χ3n) is 12.3. The van der Waals surface area contributed by atoms with Gasteiger partial charge in [-0.25, -0.2) is 4.90 Å². The van der Waals surface area contributed by atoms with Crippen LogP contribution in [-0.4, -0.2) is 50.0 Å². The number of phenols is 1. The van der Waals surface area contributed by atoms with Crippen molar-refractivity contribution in [1.29, 1.82) is 0 Å². The summed E-state index contributed by atoms with van der Waals surface area (Å²) in [6.07, 6.45) is 3.28. The molecule has 1 saturated carbocycles. The van der Waals surface area contributed by atoms with E-state index in [0.29, 0.717) is 46.9 Å². The third kappa shape index (κ3) is 4.37. The molecule has 0 radical (unpaired) electrons. The zero-order valence-electron chi connectivity index (χ0n) is 29.2. The minimum absolute atomic E-state index is 0.0510. The number of hydrogen-bond acceptors (Lipinski definition) is 7. The van der Waals surface area contributed by atoms with Crippen molar-refractivity contribution < 1.29 is 24.3 Å². The number of imide groups is 2. The molecular weight excluding hydrogens is 696 g/mol. The fourth-order valence-electron chi connectivity index (χ4n) is 9.81. The van der Waals surface area contributed by atoms with Crippen molar-refractivity contribution in [2.45, 2.75) is 46.0 Å². The van der Waals surface area contributed by atoms with Crippen LogP contribution in [-0.2, 0) is 26.2 Å². The number of amides is 4. The molecule has 2 saturated heterocycles. The number of phenolic OH excluding ortho intramolecular Hbond substituents is 1. The number of fused-ring (bicyclic) bond motifs is 6. The van der Waals surface area contributed by atoms with Crippen LogP contribution in [0.25, 0.3) is 31.4 Å². The Morgan fingerprint density at radius 1 is 0.981 bits per heavy atom. The predicted molar refractivity (Wildman–Crippen MR) is 201 cm³/mol. The number of aromatic nitrogens is 2. The molecule has 3 fully saturated rings. The Morgan fingerprint density at radius 2 is 1.77 bits per heavy atom. The molecule has 3 aromatic carbocycles. The normalized spacial score (nSPS) is 27.1. The van der Waals surface area contributed by atoms with Crippen molar-refractivity contribution in [3.8, 4) is 16.3 Å². The lowest BCUT2D eigenvalue weighted by atomic mass is 9.51. The molecular formula is C41H37ClN4O5S. The first-order chi connectivity index (χ1) is 24.9. The largest absolute Gasteiger partial charge is 0.507 e. The van der Waals surface area contributed by atoms with Crippen molar-refractivity contribution in [1.82, 2.24) is 14.7 Å². The average molecular weight is 733 g/mol. The van der Waals surface area contributed by atoms with Gasteiger partial charge in [0, 0.05) is 46.2 Å². The van der Waals surface area contributed by atoms with Crippen molar-refractivity contribution >= 4 is 73.2 Å². The molecule has 2 aliphatic heterocycles. The zero-order chi connectivity index (χ0) is 36.4. The molecule has 4 aliphatic rings. The molecule has 2 aromatic heterocycles. The van der Waals surface area contributed by atoms with Gasteiger partial charge in [-0.05, 0) is 73.6 Å². The molecule has 11 heteroatoms. The Kier molecular flexibility index (Phi) is 7.38. The van der Waals surface area contributed by atoms with Crippen LogP contribution < -0.4 is 4.90 Å². The molecule has 5 aromatic rings. The molecule has 6 atom stereocenters. The van der Waals surface area contributed by atoms with Gasteiger partial charge in [0.2, 0.25) is 23.6 Å². The lowest BCUT2D eigenvalue weighted by molar-refractivity contribution is -0.140. The number of halogens is 1. The molecule has 264 valence electrons. The molecule has 4 heterocycles. The van der Waals surface area contributed by atoms with Crippen LogP contribution in [0.3, 0.4) is 0 Å². The summed E-state index contributed by atoms with van der Waals surface area (Å²) < 4.78 is 2.63. The van der Waals surface area contributed by atoms with Gasteiger partial charge < -0.3 is 5.11 Å². The van der Waals surface area contributed by atoms with Gasteiger partial charge in [0.1, 0.15) is 17.3 Å². The van der Waals surface area contributed by atoms with E-state index < -0.39 is 35.0 Å². The van der Waals surface area contributed by atoms with Crippen molar-refractivity contribution in [3.05, 3.63) is 88.5 Å². The first-order valence-corrected chi connectivity index (χ1v) is 19.0. The van der Waals surface area contributed by atoms with E-state index in [9.17, 15) is 19.5 Å². The SMILES string of the molecule is CCCN1C(=O)[C@H]2[C@H](CC=C3[C@H]2C[C@H]2C(=O)N(c4cc(-c5sc6ccc(Cl)cc6c5C)nn4C)C(=O)[C@@]2(C)[C@H]3c2ccc3ccccc3c2O)C1=O. The Labute approximate surface area is 309 Å². The first-order valence-electron chi connectivity index (χ1n) is 17.8. The fourth-order valence-corrected chi connectivity index (χ4v) is 11.1. The van der Waals surface area contributed by atoms with E-state index in [-0.39, 0.29) is 35.8 Å². The predicted octanol–water partition coefficient (Wildman–Crippen LogP) is 7.76. The number of aryl methyl sites for hydroxylation is 2. The lowest BCUT2D eigenvalue weighted by Gasteiger charge is -2.49. The Bertz CT molecular complexity index is 2450. The van der Waals surface area contributed by atoms with E-state index in [4.69, 9.17) is 16.7 Å². The van der Waals surface area contributed by atoms with Crippen LogP contribution in [0.4, 0.5) is 5.82 Å². The van der Waals surface area contributed by atoms with Gasteiger partial charge in [-0.3, -0.25) is 28.8 Å². The van der Waals surface area contributed by atoms with Gasteiger partial charge in [0.05, 0.1) is 28.0 Å². The van der Waals surface area contributed by atoms with Crippen molar-refractivity contribution in [3.63, 3.8) is 0 Å². The molecule has 52 heavy (non-hydrogen) atoms. The highest BCUT2D eigenvalue weighted by atomic mass is 35.5. The summed E-state index contributed by atoms with van der Waals surface area (Å²) in [6, 6.07) is 18.9. The summed E-state index contributed by atoms with van der Waals surface area (Å²) in [6.45, 7) is 6.14. The number of nitrogens with zero attached hydrogens (tertiary/aromatic N) is 4. The van der Waals surface area contributed by atoms with Crippen LogP contribution in [0, 0.1) is 36.0 Å². The van der Waals surface area contributed by atoms with Crippen LogP contribution in [0.5, 0.6) is 5.75 Å². The fraction of sp³-hybridized carbons (Fsp3) is 0.341. The second-order valence-corrected chi connectivity index (χ2v) is 16.4. The smallest absolute Gasteiger partial charge is 0.242 e. The minimum atomic E-state index is -1.30. The number of benzene rings is 3. The summed E-state index contributed by atoms with van der Waals surface area (Å²) in [5.41, 5.74) is 1.74. The molecule has 1 N–H and O–H groups in total. The maximum absolute atomic E-state index is 15.1. The maximum Gasteiger partial charge on any atom is 0.242 e. The molecule has 9 rings (SSSR count). The van der Waals surface area contributed by atoms with Gasteiger partial charge >= 0.3 is 0 Å². The number of rotatable bonds is 5. The Morgan fingerprint density at radius 3 is 2.56 bits per heavy atom. The van der Waals surface area contributed by atoms with Crippen LogP contribution in [0.2, 0.25) is 5.02 Å². The minimum Gasteiger partial charge on any atom is -0.507 e. The van der Waals surface area contributed by atoms with Crippen molar-refractivity contribution in [2.24, 2.45) is 36.1 Å². The third-order valence-corrected chi connectivity index (χ3v) is 13.8. The number of hydrogen-bond donors (Lipinski definition) is 1. The van der Waals surface area contributed by atoms with Gasteiger partial charge in [0.25, 0.3) is 0 Å². The van der Waals surface area contributed by atoms with Crippen LogP contribution in [0.15, 0.2) is 72.3 Å². The number of likely N-dealkylation sites (tertiary alicyclic amines) is 1. The Balaban J connectivity index is 1.19. The monoisotopic (exact) mass is 732 g/mol. The highest BCUT2D eigenvalue weighted by Crippen LogP contribution is 2.64. The topological polar surface area (TPSA) is 113 Å². The summed E-state index contributed by atoms with van der Waals surface area (Å²) >= 11 is 7.89. The van der Waals surface area contributed by atoms with E-state index in [1.165, 1.54) is 9.80 Å².